The lowest BCUT2D eigenvalue weighted by molar-refractivity contribution is 0.411. The average Bonchev–Trinajstić information content (AvgIpc) is 3.67. The van der Waals surface area contributed by atoms with Crippen LogP contribution in [0.4, 0.5) is 0 Å². The van der Waals surface area contributed by atoms with E-state index in [1.54, 1.807) is 0 Å². The van der Waals surface area contributed by atoms with Crippen molar-refractivity contribution in [3.05, 3.63) is 156 Å². The van der Waals surface area contributed by atoms with Gasteiger partial charge < -0.3 is 9.73 Å². The Morgan fingerprint density at radius 1 is 0.614 bits per heavy atom. The number of hydrogen-bond acceptors (Lipinski definition) is 5. The van der Waals surface area contributed by atoms with Crippen LogP contribution in [-0.4, -0.2) is 5.84 Å². The molecule has 8 aromatic rings. The number of nitrogens with zero attached hydrogens (tertiary/aromatic N) is 1. The fourth-order valence-corrected chi connectivity index (χ4v) is 7.70. The van der Waals surface area contributed by atoms with Gasteiger partial charge in [-0.1, -0.05) is 121 Å². The van der Waals surface area contributed by atoms with Gasteiger partial charge in [0.05, 0.1) is 0 Å². The van der Waals surface area contributed by atoms with Crippen LogP contribution in [0.3, 0.4) is 0 Å². The van der Waals surface area contributed by atoms with E-state index in [9.17, 15) is 0 Å². The van der Waals surface area contributed by atoms with Gasteiger partial charge in [-0.05, 0) is 29.3 Å². The van der Waals surface area contributed by atoms with Crippen molar-refractivity contribution in [2.45, 2.75) is 12.3 Å². The van der Waals surface area contributed by atoms with Gasteiger partial charge in [0.25, 0.3) is 0 Å². The first kappa shape index (κ1) is 25.3. The normalized spacial score (nSPS) is 16.9. The molecule has 1 aliphatic heterocycles. The molecule has 0 radical (unpaired) electrons. The summed E-state index contributed by atoms with van der Waals surface area (Å²) in [6, 6.07) is 49.0. The van der Waals surface area contributed by atoms with E-state index < -0.39 is 0 Å². The summed E-state index contributed by atoms with van der Waals surface area (Å²) in [5.74, 6) is 0.876. The maximum atomic E-state index is 6.48. The van der Waals surface area contributed by atoms with Crippen molar-refractivity contribution in [2.24, 2.45) is 4.99 Å². The number of fused-ring (bicyclic) bond motifs is 6. The largest absolute Gasteiger partial charge is 0.455 e. The first-order valence-electron chi connectivity index (χ1n) is 14.9. The quantitative estimate of drug-likeness (QED) is 0.216. The third-order valence-corrected chi connectivity index (χ3v) is 9.81. The van der Waals surface area contributed by atoms with Crippen LogP contribution in [0.15, 0.2) is 149 Å². The summed E-state index contributed by atoms with van der Waals surface area (Å²) in [5.41, 5.74) is 7.42. The molecule has 4 nitrogen and oxygen atoms in total. The molecular weight excluding hydrogens is 559 g/mol. The molecule has 0 aliphatic carbocycles. The third kappa shape index (κ3) is 4.13. The Balaban J connectivity index is 1.17. The molecule has 2 N–H and O–H groups in total. The Hall–Kier alpha value is -5.23. The SMILES string of the molecule is c1ccc(C2=NC(c3cccc4c3sc3ccccc34)NC(c3ccc4oc5c(-c6ccccc6)cccc5c4c3)N2)cc1. The molecule has 0 fully saturated rings. The maximum absolute atomic E-state index is 6.48. The van der Waals surface area contributed by atoms with Gasteiger partial charge in [-0.25, -0.2) is 4.99 Å². The summed E-state index contributed by atoms with van der Waals surface area (Å²) in [7, 11) is 0. The topological polar surface area (TPSA) is 49.6 Å². The monoisotopic (exact) mass is 585 g/mol. The van der Waals surface area contributed by atoms with E-state index in [1.807, 2.05) is 23.5 Å². The second kappa shape index (κ2) is 10.2. The number of aliphatic imine (C=N–C) groups is 1. The Morgan fingerprint density at radius 3 is 2.20 bits per heavy atom. The number of nitrogens with one attached hydrogen (secondary N) is 2. The van der Waals surface area contributed by atoms with Crippen LogP contribution in [0.1, 0.15) is 29.0 Å². The standard InChI is InChI=1S/C39H27N3OS/c1-3-11-24(12-4-1)27-16-9-17-29-32-23-26(21-22-33(32)43-35(27)29)38-40-37(25-13-5-2-6-14-25)41-39(42-38)31-19-10-18-30-28-15-7-8-20-34(28)44-36(30)31/h1-23,38-39,42H,(H,40,41). The summed E-state index contributed by atoms with van der Waals surface area (Å²) in [6.45, 7) is 0. The first-order chi connectivity index (χ1) is 21.8. The van der Waals surface area contributed by atoms with Crippen LogP contribution in [0.2, 0.25) is 0 Å². The Bertz CT molecular complexity index is 2350. The van der Waals surface area contributed by atoms with Gasteiger partial charge in [0.1, 0.15) is 29.3 Å². The minimum atomic E-state index is -0.227. The number of thiophene rings is 1. The molecule has 44 heavy (non-hydrogen) atoms. The van der Waals surface area contributed by atoms with Crippen molar-refractivity contribution < 1.29 is 4.42 Å². The molecule has 2 atom stereocenters. The van der Waals surface area contributed by atoms with E-state index in [-0.39, 0.29) is 12.3 Å². The third-order valence-electron chi connectivity index (χ3n) is 8.58. The minimum absolute atomic E-state index is 0.163. The van der Waals surface area contributed by atoms with Crippen LogP contribution in [0.25, 0.3) is 53.2 Å². The Morgan fingerprint density at radius 2 is 1.34 bits per heavy atom. The van der Waals surface area contributed by atoms with Crippen molar-refractivity contribution in [2.75, 3.05) is 0 Å². The van der Waals surface area contributed by atoms with Crippen LogP contribution in [-0.2, 0) is 0 Å². The lowest BCUT2D eigenvalue weighted by atomic mass is 10.0. The van der Waals surface area contributed by atoms with Crippen molar-refractivity contribution in [1.29, 1.82) is 0 Å². The zero-order valence-corrected chi connectivity index (χ0v) is 24.5. The second-order valence-corrected chi connectivity index (χ2v) is 12.3. The summed E-state index contributed by atoms with van der Waals surface area (Å²) >= 11 is 1.84. The zero-order chi connectivity index (χ0) is 29.0. The minimum Gasteiger partial charge on any atom is -0.455 e. The number of rotatable bonds is 4. The molecule has 0 saturated carbocycles. The van der Waals surface area contributed by atoms with Gasteiger partial charge in [-0.3, -0.25) is 5.32 Å². The predicted octanol–water partition coefficient (Wildman–Crippen LogP) is 9.96. The van der Waals surface area contributed by atoms with Gasteiger partial charge in [-0.2, -0.15) is 0 Å². The van der Waals surface area contributed by atoms with Crippen molar-refractivity contribution >= 4 is 59.3 Å². The van der Waals surface area contributed by atoms with Gasteiger partial charge in [0, 0.05) is 47.6 Å². The number of hydrogen-bond donors (Lipinski definition) is 2. The molecule has 0 bridgehead atoms. The summed E-state index contributed by atoms with van der Waals surface area (Å²) < 4.78 is 9.04. The molecule has 6 aromatic carbocycles. The van der Waals surface area contributed by atoms with Gasteiger partial charge >= 0.3 is 0 Å². The molecule has 5 heteroatoms. The molecule has 2 aromatic heterocycles. The fraction of sp³-hybridized carbons (Fsp3) is 0.0513. The van der Waals surface area contributed by atoms with Gasteiger partial charge in [0.2, 0.25) is 0 Å². The molecule has 0 amide bonds. The first-order valence-corrected chi connectivity index (χ1v) is 15.7. The van der Waals surface area contributed by atoms with Crippen LogP contribution in [0, 0.1) is 0 Å². The average molecular weight is 586 g/mol. The van der Waals surface area contributed by atoms with Crippen LogP contribution in [0.5, 0.6) is 0 Å². The summed E-state index contributed by atoms with van der Waals surface area (Å²) in [6.07, 6.45) is -0.390. The maximum Gasteiger partial charge on any atom is 0.143 e. The van der Waals surface area contributed by atoms with Gasteiger partial charge in [0.15, 0.2) is 0 Å². The second-order valence-electron chi connectivity index (χ2n) is 11.2. The molecule has 2 unspecified atom stereocenters. The highest BCUT2D eigenvalue weighted by Gasteiger charge is 2.28. The van der Waals surface area contributed by atoms with E-state index in [1.165, 1.54) is 25.7 Å². The lowest BCUT2D eigenvalue weighted by Gasteiger charge is -2.32. The molecule has 3 heterocycles. The number of para-hydroxylation sites is 1. The molecule has 9 rings (SSSR count). The molecule has 0 spiro atoms. The molecule has 0 saturated heterocycles. The highest BCUT2D eigenvalue weighted by atomic mass is 32.1. The Kier molecular flexibility index (Phi) is 5.86. The smallest absolute Gasteiger partial charge is 0.143 e. The molecule has 210 valence electrons. The zero-order valence-electron chi connectivity index (χ0n) is 23.7. The highest BCUT2D eigenvalue weighted by Crippen LogP contribution is 2.40. The lowest BCUT2D eigenvalue weighted by Crippen LogP contribution is -2.44. The highest BCUT2D eigenvalue weighted by molar-refractivity contribution is 7.26. The van der Waals surface area contributed by atoms with Crippen LogP contribution >= 0.6 is 11.3 Å². The molecular formula is C39H27N3OS. The number of amidine groups is 1. The fourth-order valence-electron chi connectivity index (χ4n) is 6.46. The molecule has 1 aliphatic rings. The van der Waals surface area contributed by atoms with Crippen molar-refractivity contribution in [1.82, 2.24) is 10.6 Å². The van der Waals surface area contributed by atoms with E-state index in [2.05, 4.69) is 138 Å². The van der Waals surface area contributed by atoms with E-state index in [4.69, 9.17) is 9.41 Å². The van der Waals surface area contributed by atoms with Crippen molar-refractivity contribution in [3.8, 4) is 11.1 Å². The van der Waals surface area contributed by atoms with E-state index >= 15 is 0 Å². The number of furan rings is 1. The number of benzene rings is 6. The summed E-state index contributed by atoms with van der Waals surface area (Å²) in [5, 5.41) is 12.3. The van der Waals surface area contributed by atoms with Crippen molar-refractivity contribution in [3.63, 3.8) is 0 Å². The van der Waals surface area contributed by atoms with E-state index in [0.717, 1.165) is 50.0 Å². The van der Waals surface area contributed by atoms with E-state index in [0.29, 0.717) is 0 Å². The predicted molar refractivity (Wildman–Crippen MR) is 183 cm³/mol. The van der Waals surface area contributed by atoms with Crippen LogP contribution < -0.4 is 10.6 Å². The summed E-state index contributed by atoms with van der Waals surface area (Å²) in [4.78, 5) is 5.25. The van der Waals surface area contributed by atoms with Gasteiger partial charge in [-0.15, -0.1) is 11.3 Å². The Labute approximate surface area is 258 Å².